The van der Waals surface area contributed by atoms with Gasteiger partial charge < -0.3 is 4.42 Å². The molecular formula is C22H14ClF3N2O4S. The third-order valence-electron chi connectivity index (χ3n) is 4.99. The Morgan fingerprint density at radius 3 is 2.39 bits per heavy atom. The van der Waals surface area contributed by atoms with Crippen LogP contribution in [0.2, 0.25) is 5.15 Å². The molecule has 0 bridgehead atoms. The molecule has 0 unspecified atom stereocenters. The lowest BCUT2D eigenvalue weighted by molar-refractivity contribution is -0.137. The van der Waals surface area contributed by atoms with E-state index >= 15 is 0 Å². The zero-order valence-corrected chi connectivity index (χ0v) is 18.4. The summed E-state index contributed by atoms with van der Waals surface area (Å²) in [6.07, 6.45) is -0.873. The number of nitrogens with zero attached hydrogens (tertiary/aromatic N) is 2. The fourth-order valence-corrected chi connectivity index (χ4v) is 4.40. The van der Waals surface area contributed by atoms with Crippen molar-refractivity contribution in [3.05, 3.63) is 76.0 Å². The van der Waals surface area contributed by atoms with Crippen LogP contribution >= 0.6 is 11.6 Å². The molecule has 4 aromatic rings. The maximum Gasteiger partial charge on any atom is 0.416 e. The van der Waals surface area contributed by atoms with Crippen LogP contribution in [0.25, 0.3) is 33.4 Å². The minimum atomic E-state index is -4.61. The summed E-state index contributed by atoms with van der Waals surface area (Å²) in [6.45, 7) is 1.44. The molecule has 0 aliphatic rings. The van der Waals surface area contributed by atoms with Crippen LogP contribution in [0.1, 0.15) is 12.5 Å². The molecule has 0 radical (unpaired) electrons. The lowest BCUT2D eigenvalue weighted by Crippen LogP contribution is -2.12. The van der Waals surface area contributed by atoms with E-state index in [4.69, 9.17) is 16.0 Å². The summed E-state index contributed by atoms with van der Waals surface area (Å²) in [7, 11) is -3.85. The predicted molar refractivity (Wildman–Crippen MR) is 117 cm³/mol. The Kier molecular flexibility index (Phi) is 5.75. The molecule has 170 valence electrons. The monoisotopic (exact) mass is 494 g/mol. The number of fused-ring (bicyclic) bond motifs is 1. The van der Waals surface area contributed by atoms with E-state index in [2.05, 4.69) is 9.97 Å². The molecule has 0 saturated heterocycles. The van der Waals surface area contributed by atoms with Crippen molar-refractivity contribution < 1.29 is 26.0 Å². The van der Waals surface area contributed by atoms with Gasteiger partial charge in [0.25, 0.3) is 0 Å². The second-order valence-corrected chi connectivity index (χ2v) is 9.66. The van der Waals surface area contributed by atoms with Gasteiger partial charge in [0.05, 0.1) is 32.9 Å². The van der Waals surface area contributed by atoms with E-state index in [1.807, 2.05) is 0 Å². The molecule has 0 atom stereocenters. The van der Waals surface area contributed by atoms with Crippen molar-refractivity contribution in [2.24, 2.45) is 0 Å². The van der Waals surface area contributed by atoms with Crippen LogP contribution in [0.4, 0.5) is 13.2 Å². The normalized spacial score (nSPS) is 12.3. The second-order valence-electron chi connectivity index (χ2n) is 7.03. The van der Waals surface area contributed by atoms with E-state index in [9.17, 15) is 26.4 Å². The summed E-state index contributed by atoms with van der Waals surface area (Å²) in [5.74, 6) is -0.266. The molecule has 0 saturated carbocycles. The number of aromatic nitrogens is 2. The van der Waals surface area contributed by atoms with E-state index in [0.717, 1.165) is 18.4 Å². The summed E-state index contributed by atoms with van der Waals surface area (Å²) >= 11 is 5.80. The average molecular weight is 495 g/mol. The van der Waals surface area contributed by atoms with Crippen molar-refractivity contribution in [2.75, 3.05) is 5.75 Å². The number of rotatable bonds is 4. The third-order valence-corrected chi connectivity index (χ3v) is 6.95. The first-order chi connectivity index (χ1) is 15.5. The van der Waals surface area contributed by atoms with Gasteiger partial charge >= 0.3 is 6.18 Å². The Morgan fingerprint density at radius 2 is 1.76 bits per heavy atom. The van der Waals surface area contributed by atoms with Crippen LogP contribution in [0, 0.1) is 0 Å². The molecular weight excluding hydrogens is 481 g/mol. The maximum atomic E-state index is 13.0. The van der Waals surface area contributed by atoms with E-state index in [0.29, 0.717) is 17.2 Å². The minimum Gasteiger partial charge on any atom is -0.463 e. The first kappa shape index (κ1) is 22.9. The third kappa shape index (κ3) is 4.36. The zero-order valence-electron chi connectivity index (χ0n) is 16.9. The molecule has 33 heavy (non-hydrogen) atoms. The Bertz CT molecular complexity index is 1530. The van der Waals surface area contributed by atoms with Gasteiger partial charge in [-0.15, -0.1) is 0 Å². The van der Waals surface area contributed by atoms with Crippen molar-refractivity contribution in [3.8, 4) is 22.4 Å². The highest BCUT2D eigenvalue weighted by atomic mass is 35.5. The maximum absolute atomic E-state index is 13.0. The van der Waals surface area contributed by atoms with Gasteiger partial charge in [-0.3, -0.25) is 9.78 Å². The molecule has 0 N–H and O–H groups in total. The molecule has 1 aromatic carbocycles. The Balaban J connectivity index is 1.93. The molecule has 4 rings (SSSR count). The van der Waals surface area contributed by atoms with Gasteiger partial charge in [0, 0.05) is 23.5 Å². The van der Waals surface area contributed by atoms with E-state index < -0.39 is 27.0 Å². The summed E-state index contributed by atoms with van der Waals surface area (Å²) in [5, 5.41) is 0.125. The molecule has 0 fully saturated rings. The number of sulfone groups is 1. The van der Waals surface area contributed by atoms with Crippen molar-refractivity contribution in [2.45, 2.75) is 18.0 Å². The van der Waals surface area contributed by atoms with Crippen LogP contribution in [0.3, 0.4) is 0 Å². The zero-order chi connectivity index (χ0) is 24.0. The van der Waals surface area contributed by atoms with Gasteiger partial charge in [-0.25, -0.2) is 13.4 Å². The number of pyridine rings is 2. The second kappa shape index (κ2) is 8.27. The van der Waals surface area contributed by atoms with E-state index in [1.54, 1.807) is 6.07 Å². The van der Waals surface area contributed by atoms with Crippen LogP contribution in [-0.4, -0.2) is 24.1 Å². The van der Waals surface area contributed by atoms with Crippen molar-refractivity contribution in [1.29, 1.82) is 0 Å². The van der Waals surface area contributed by atoms with Crippen LogP contribution in [0.15, 0.2) is 69.2 Å². The quantitative estimate of drug-likeness (QED) is 0.354. The standard InChI is InChI=1S/C22H14ClF3N2O4S/c1-2-33(30,31)18-7-13(12-3-6-19(23)27-9-12)10-28-20(18)16-11-32-17-8-14(22(24,25)26)4-5-15(17)21(16)29/h3-11H,2H2,1H3. The lowest BCUT2D eigenvalue weighted by atomic mass is 10.1. The summed E-state index contributed by atoms with van der Waals surface area (Å²) in [5.41, 5.74) is -1.31. The Labute approximate surface area is 190 Å². The Hall–Kier alpha value is -3.24. The number of benzene rings is 1. The van der Waals surface area contributed by atoms with Crippen LogP contribution < -0.4 is 5.43 Å². The highest BCUT2D eigenvalue weighted by Gasteiger charge is 2.31. The number of hydrogen-bond acceptors (Lipinski definition) is 6. The van der Waals surface area contributed by atoms with Gasteiger partial charge in [0.2, 0.25) is 5.43 Å². The van der Waals surface area contributed by atoms with Gasteiger partial charge in [-0.2, -0.15) is 13.2 Å². The number of alkyl halides is 3. The molecule has 6 nitrogen and oxygen atoms in total. The lowest BCUT2D eigenvalue weighted by Gasteiger charge is -2.12. The predicted octanol–water partition coefficient (Wildman–Crippen LogP) is 5.38. The minimum absolute atomic E-state index is 0.131. The van der Waals surface area contributed by atoms with Crippen LogP contribution in [-0.2, 0) is 16.0 Å². The van der Waals surface area contributed by atoms with Gasteiger partial charge in [0.15, 0.2) is 9.84 Å². The molecule has 0 spiro atoms. The van der Waals surface area contributed by atoms with Crippen molar-refractivity contribution in [3.63, 3.8) is 0 Å². The van der Waals surface area contributed by atoms with E-state index in [-0.39, 0.29) is 38.0 Å². The topological polar surface area (TPSA) is 90.1 Å². The van der Waals surface area contributed by atoms with Crippen molar-refractivity contribution >= 4 is 32.4 Å². The fraction of sp³-hybridized carbons (Fsp3) is 0.136. The van der Waals surface area contributed by atoms with Crippen LogP contribution in [0.5, 0.6) is 0 Å². The van der Waals surface area contributed by atoms with Gasteiger partial charge in [0.1, 0.15) is 17.0 Å². The van der Waals surface area contributed by atoms with Gasteiger partial charge in [-0.05, 0) is 36.4 Å². The largest absolute Gasteiger partial charge is 0.463 e. The average Bonchev–Trinajstić information content (AvgIpc) is 2.79. The Morgan fingerprint density at radius 1 is 1.03 bits per heavy atom. The summed E-state index contributed by atoms with van der Waals surface area (Å²) < 4.78 is 69.9. The first-order valence-corrected chi connectivity index (χ1v) is 11.5. The molecule has 0 amide bonds. The van der Waals surface area contributed by atoms with Gasteiger partial charge in [-0.1, -0.05) is 18.5 Å². The molecule has 11 heteroatoms. The molecule has 0 aliphatic heterocycles. The van der Waals surface area contributed by atoms with Crippen molar-refractivity contribution in [1.82, 2.24) is 9.97 Å². The number of hydrogen-bond donors (Lipinski definition) is 0. The first-order valence-electron chi connectivity index (χ1n) is 9.49. The molecule has 0 aliphatic carbocycles. The summed E-state index contributed by atoms with van der Waals surface area (Å²) in [6, 6.07) is 7.01. The highest BCUT2D eigenvalue weighted by molar-refractivity contribution is 7.91. The molecule has 3 heterocycles. The fourth-order valence-electron chi connectivity index (χ4n) is 3.21. The molecule has 3 aromatic heterocycles. The highest BCUT2D eigenvalue weighted by Crippen LogP contribution is 2.33. The summed E-state index contributed by atoms with van der Waals surface area (Å²) in [4.78, 5) is 21.0. The number of halogens is 4. The smallest absolute Gasteiger partial charge is 0.416 e. The van der Waals surface area contributed by atoms with E-state index in [1.165, 1.54) is 31.5 Å². The SMILES string of the molecule is CCS(=O)(=O)c1cc(-c2ccc(Cl)nc2)cnc1-c1coc2cc(C(F)(F)F)ccc2c1=O.